The fraction of sp³-hybridized carbons (Fsp3) is 0.278. The van der Waals surface area contributed by atoms with E-state index in [1.807, 2.05) is 37.3 Å². The zero-order chi connectivity index (χ0) is 16.8. The number of nitrogens with two attached hydrogens (primary N) is 1. The van der Waals surface area contributed by atoms with E-state index in [9.17, 15) is 4.79 Å². The number of halogens is 1. The van der Waals surface area contributed by atoms with Crippen LogP contribution in [-0.2, 0) is 11.3 Å². The molecule has 3 N–H and O–H groups in total. The van der Waals surface area contributed by atoms with Gasteiger partial charge in [-0.3, -0.25) is 4.79 Å². The van der Waals surface area contributed by atoms with Crippen molar-refractivity contribution in [3.05, 3.63) is 64.7 Å². The zero-order valence-corrected chi connectivity index (χ0v) is 14.0. The van der Waals surface area contributed by atoms with Gasteiger partial charge in [0.15, 0.2) is 0 Å². The van der Waals surface area contributed by atoms with Gasteiger partial charge in [0, 0.05) is 23.2 Å². The lowest BCUT2D eigenvalue weighted by molar-refractivity contribution is -0.125. The van der Waals surface area contributed by atoms with Crippen molar-refractivity contribution in [1.29, 1.82) is 0 Å². The Morgan fingerprint density at radius 3 is 2.61 bits per heavy atom. The fourth-order valence-corrected chi connectivity index (χ4v) is 2.55. The Hall–Kier alpha value is -2.04. The van der Waals surface area contributed by atoms with Crippen LogP contribution >= 0.6 is 11.6 Å². The van der Waals surface area contributed by atoms with E-state index in [1.54, 1.807) is 25.3 Å². The summed E-state index contributed by atoms with van der Waals surface area (Å²) >= 11 is 5.99. The number of carbonyl (C=O) groups is 1. The van der Waals surface area contributed by atoms with Crippen molar-refractivity contribution in [2.45, 2.75) is 19.5 Å². The molecule has 2 aromatic carbocycles. The smallest absolute Gasteiger partial charge is 0.225 e. The van der Waals surface area contributed by atoms with Gasteiger partial charge >= 0.3 is 0 Å². The summed E-state index contributed by atoms with van der Waals surface area (Å²) in [5, 5.41) is 3.49. The first kappa shape index (κ1) is 17.3. The first-order chi connectivity index (χ1) is 11.0. The third kappa shape index (κ3) is 4.47. The van der Waals surface area contributed by atoms with E-state index in [4.69, 9.17) is 22.1 Å². The van der Waals surface area contributed by atoms with Crippen molar-refractivity contribution in [3.8, 4) is 5.75 Å². The maximum absolute atomic E-state index is 12.4. The number of rotatable bonds is 6. The minimum atomic E-state index is -0.350. The fourth-order valence-electron chi connectivity index (χ4n) is 2.36. The predicted octanol–water partition coefficient (Wildman–Crippen LogP) is 3.30. The molecular weight excluding hydrogens is 312 g/mol. The summed E-state index contributed by atoms with van der Waals surface area (Å²) in [5.41, 5.74) is 7.95. The molecule has 0 heterocycles. The normalized spacial score (nSPS) is 13.2. The minimum Gasteiger partial charge on any atom is -0.496 e. The molecular formula is C18H21ClN2O2. The molecule has 5 heteroatoms. The van der Waals surface area contributed by atoms with Gasteiger partial charge in [0.2, 0.25) is 5.91 Å². The van der Waals surface area contributed by atoms with E-state index in [0.717, 1.165) is 11.1 Å². The Labute approximate surface area is 141 Å². The van der Waals surface area contributed by atoms with Crippen LogP contribution in [0.5, 0.6) is 5.75 Å². The van der Waals surface area contributed by atoms with Gasteiger partial charge in [-0.1, -0.05) is 48.9 Å². The molecule has 2 aromatic rings. The molecule has 0 aliphatic carbocycles. The van der Waals surface area contributed by atoms with E-state index < -0.39 is 0 Å². The molecule has 23 heavy (non-hydrogen) atoms. The van der Waals surface area contributed by atoms with E-state index in [-0.39, 0.29) is 17.9 Å². The van der Waals surface area contributed by atoms with Crippen molar-refractivity contribution in [2.24, 2.45) is 11.7 Å². The van der Waals surface area contributed by atoms with Gasteiger partial charge < -0.3 is 15.8 Å². The quantitative estimate of drug-likeness (QED) is 0.853. The predicted molar refractivity (Wildman–Crippen MR) is 92.4 cm³/mol. The summed E-state index contributed by atoms with van der Waals surface area (Å²) in [6.45, 7) is 2.16. The highest BCUT2D eigenvalue weighted by atomic mass is 35.5. The summed E-state index contributed by atoms with van der Waals surface area (Å²) < 4.78 is 5.28. The first-order valence-electron chi connectivity index (χ1n) is 7.43. The highest BCUT2D eigenvalue weighted by Gasteiger charge is 2.22. The molecule has 0 aromatic heterocycles. The average molecular weight is 333 g/mol. The van der Waals surface area contributed by atoms with Gasteiger partial charge in [-0.2, -0.15) is 0 Å². The van der Waals surface area contributed by atoms with Crippen LogP contribution in [0.15, 0.2) is 48.5 Å². The van der Waals surface area contributed by atoms with E-state index in [2.05, 4.69) is 5.32 Å². The number of hydrogen-bond donors (Lipinski definition) is 2. The first-order valence-corrected chi connectivity index (χ1v) is 7.81. The number of hydrogen-bond acceptors (Lipinski definition) is 3. The molecule has 0 aliphatic rings. The molecule has 0 saturated heterocycles. The summed E-state index contributed by atoms with van der Waals surface area (Å²) in [6, 6.07) is 14.6. The molecule has 1 amide bonds. The summed E-state index contributed by atoms with van der Waals surface area (Å²) in [7, 11) is 1.59. The molecule has 0 bridgehead atoms. The van der Waals surface area contributed by atoms with E-state index in [0.29, 0.717) is 17.3 Å². The van der Waals surface area contributed by atoms with Crippen molar-refractivity contribution >= 4 is 17.5 Å². The van der Waals surface area contributed by atoms with Crippen molar-refractivity contribution in [3.63, 3.8) is 0 Å². The molecule has 0 spiro atoms. The third-order valence-electron chi connectivity index (χ3n) is 3.83. The summed E-state index contributed by atoms with van der Waals surface area (Å²) in [5.74, 6) is 0.237. The van der Waals surface area contributed by atoms with Crippen molar-refractivity contribution < 1.29 is 9.53 Å². The highest BCUT2D eigenvalue weighted by molar-refractivity contribution is 6.30. The van der Waals surface area contributed by atoms with Gasteiger partial charge in [-0.25, -0.2) is 0 Å². The van der Waals surface area contributed by atoms with Crippen LogP contribution in [0.4, 0.5) is 0 Å². The van der Waals surface area contributed by atoms with Crippen molar-refractivity contribution in [2.75, 3.05) is 7.11 Å². The molecule has 0 aliphatic heterocycles. The van der Waals surface area contributed by atoms with Crippen LogP contribution in [0.2, 0.25) is 5.02 Å². The molecule has 2 atom stereocenters. The number of nitrogens with one attached hydrogen (secondary N) is 1. The molecule has 2 rings (SSSR count). The zero-order valence-electron chi connectivity index (χ0n) is 13.3. The van der Waals surface area contributed by atoms with Crippen LogP contribution < -0.4 is 15.8 Å². The second kappa shape index (κ2) is 7.99. The standard InChI is InChI=1S/C18H21ClN2O2/c1-12(17(20)13-6-4-3-5-7-13)18(22)21-11-14-10-15(19)8-9-16(14)23-2/h3-10,12,17H,11,20H2,1-2H3,(H,21,22). The molecule has 122 valence electrons. The SMILES string of the molecule is COc1ccc(Cl)cc1CNC(=O)C(C)C(N)c1ccccc1. The van der Waals surface area contributed by atoms with Crippen LogP contribution in [0.1, 0.15) is 24.1 Å². The number of ether oxygens (including phenoxy) is 1. The lowest BCUT2D eigenvalue weighted by Gasteiger charge is -2.20. The summed E-state index contributed by atoms with van der Waals surface area (Å²) in [6.07, 6.45) is 0. The van der Waals surface area contributed by atoms with Crippen LogP contribution in [0, 0.1) is 5.92 Å². The third-order valence-corrected chi connectivity index (χ3v) is 4.07. The van der Waals surface area contributed by atoms with Gasteiger partial charge in [-0.15, -0.1) is 0 Å². The highest BCUT2D eigenvalue weighted by Crippen LogP contribution is 2.23. The van der Waals surface area contributed by atoms with Crippen LogP contribution in [-0.4, -0.2) is 13.0 Å². The largest absolute Gasteiger partial charge is 0.496 e. The van der Waals surface area contributed by atoms with Gasteiger partial charge in [0.1, 0.15) is 5.75 Å². The lowest BCUT2D eigenvalue weighted by atomic mass is 9.94. The Kier molecular flexibility index (Phi) is 6.02. The molecule has 2 unspecified atom stereocenters. The maximum atomic E-state index is 12.4. The van der Waals surface area contributed by atoms with Crippen LogP contribution in [0.3, 0.4) is 0 Å². The topological polar surface area (TPSA) is 64.3 Å². The molecule has 0 fully saturated rings. The lowest BCUT2D eigenvalue weighted by Crippen LogP contribution is -2.35. The molecule has 0 radical (unpaired) electrons. The second-order valence-corrected chi connectivity index (χ2v) is 5.84. The van der Waals surface area contributed by atoms with Gasteiger partial charge in [-0.05, 0) is 23.8 Å². The molecule has 4 nitrogen and oxygen atoms in total. The number of benzene rings is 2. The Balaban J connectivity index is 2.01. The number of methoxy groups -OCH3 is 1. The minimum absolute atomic E-state index is 0.108. The molecule has 0 saturated carbocycles. The second-order valence-electron chi connectivity index (χ2n) is 5.40. The number of carbonyl (C=O) groups excluding carboxylic acids is 1. The van der Waals surface area contributed by atoms with Crippen molar-refractivity contribution in [1.82, 2.24) is 5.32 Å². The van der Waals surface area contributed by atoms with Gasteiger partial charge in [0.25, 0.3) is 0 Å². The Morgan fingerprint density at radius 2 is 1.96 bits per heavy atom. The Bertz CT molecular complexity index is 661. The average Bonchev–Trinajstić information content (AvgIpc) is 2.59. The van der Waals surface area contributed by atoms with E-state index in [1.165, 1.54) is 0 Å². The van der Waals surface area contributed by atoms with Crippen LogP contribution in [0.25, 0.3) is 0 Å². The van der Waals surface area contributed by atoms with E-state index >= 15 is 0 Å². The monoisotopic (exact) mass is 332 g/mol. The van der Waals surface area contributed by atoms with Gasteiger partial charge in [0.05, 0.1) is 13.0 Å². The Morgan fingerprint density at radius 1 is 1.26 bits per heavy atom. The maximum Gasteiger partial charge on any atom is 0.225 e. The number of amides is 1. The summed E-state index contributed by atoms with van der Waals surface area (Å²) in [4.78, 5) is 12.4.